The standard InChI is InChI=1S/C30H36N4O/c1-24(25-8-4-2-5-9-25)31-30(35)26-12-14-28(15-13-26)32-18-16-29(17-19-32)34-22-20-33(21-23-34)27-10-6-3-7-11-27/h2-15,24,29H,16-23H2,1H3,(H,31,35)/t24-/m1/s1. The largest absolute Gasteiger partial charge is 0.371 e. The molecule has 2 fully saturated rings. The van der Waals surface area contributed by atoms with Crippen LogP contribution >= 0.6 is 0 Å². The van der Waals surface area contributed by atoms with Gasteiger partial charge in [-0.3, -0.25) is 9.69 Å². The van der Waals surface area contributed by atoms with Crippen molar-refractivity contribution in [1.29, 1.82) is 0 Å². The quantitative estimate of drug-likeness (QED) is 0.555. The highest BCUT2D eigenvalue weighted by molar-refractivity contribution is 5.94. The van der Waals surface area contributed by atoms with Gasteiger partial charge in [-0.25, -0.2) is 0 Å². The Morgan fingerprint density at radius 1 is 0.714 bits per heavy atom. The second kappa shape index (κ2) is 11.0. The first-order chi connectivity index (χ1) is 17.2. The summed E-state index contributed by atoms with van der Waals surface area (Å²) in [4.78, 5) is 20.4. The highest BCUT2D eigenvalue weighted by Gasteiger charge is 2.27. The van der Waals surface area contributed by atoms with E-state index in [4.69, 9.17) is 0 Å². The third-order valence-electron chi connectivity index (χ3n) is 7.56. The van der Waals surface area contributed by atoms with Crippen LogP contribution in [-0.2, 0) is 0 Å². The summed E-state index contributed by atoms with van der Waals surface area (Å²) in [6.45, 7) is 8.66. The highest BCUT2D eigenvalue weighted by Crippen LogP contribution is 2.25. The average Bonchev–Trinajstić information content (AvgIpc) is 2.94. The molecule has 3 aromatic carbocycles. The molecule has 1 N–H and O–H groups in total. The number of rotatable bonds is 6. The molecule has 5 heteroatoms. The molecule has 2 aliphatic rings. The summed E-state index contributed by atoms with van der Waals surface area (Å²) in [6, 6.07) is 29.6. The lowest BCUT2D eigenvalue weighted by atomic mass is 10.0. The maximum atomic E-state index is 12.7. The van der Waals surface area contributed by atoms with Crippen LogP contribution in [0.4, 0.5) is 11.4 Å². The van der Waals surface area contributed by atoms with Crippen LogP contribution in [0.15, 0.2) is 84.9 Å². The molecule has 0 unspecified atom stereocenters. The van der Waals surface area contributed by atoms with E-state index in [1.165, 1.54) is 24.2 Å². The predicted molar refractivity (Wildman–Crippen MR) is 144 cm³/mol. The maximum absolute atomic E-state index is 12.7. The summed E-state index contributed by atoms with van der Waals surface area (Å²) in [6.07, 6.45) is 2.39. The van der Waals surface area contributed by atoms with E-state index >= 15 is 0 Å². The molecule has 0 aromatic heterocycles. The molecule has 2 saturated heterocycles. The van der Waals surface area contributed by atoms with E-state index in [-0.39, 0.29) is 11.9 Å². The number of anilines is 2. The molecule has 0 aliphatic carbocycles. The van der Waals surface area contributed by atoms with Crippen LogP contribution < -0.4 is 15.1 Å². The smallest absolute Gasteiger partial charge is 0.251 e. The molecule has 1 atom stereocenters. The SMILES string of the molecule is C[C@@H](NC(=O)c1ccc(N2CCC(N3CCN(c4ccccc4)CC3)CC2)cc1)c1ccccc1. The molecule has 0 spiro atoms. The number of amides is 1. The molecular formula is C30H36N4O. The third kappa shape index (κ3) is 5.68. The van der Waals surface area contributed by atoms with Gasteiger partial charge in [-0.1, -0.05) is 48.5 Å². The van der Waals surface area contributed by atoms with Crippen LogP contribution in [0.3, 0.4) is 0 Å². The van der Waals surface area contributed by atoms with E-state index in [1.807, 2.05) is 49.4 Å². The molecule has 5 nitrogen and oxygen atoms in total. The molecule has 1 amide bonds. The summed E-state index contributed by atoms with van der Waals surface area (Å²) in [5.41, 5.74) is 4.38. The molecular weight excluding hydrogens is 432 g/mol. The van der Waals surface area contributed by atoms with Gasteiger partial charge in [0.05, 0.1) is 6.04 Å². The number of carbonyl (C=O) groups is 1. The van der Waals surface area contributed by atoms with Crippen molar-refractivity contribution in [3.8, 4) is 0 Å². The van der Waals surface area contributed by atoms with Gasteiger partial charge in [0.15, 0.2) is 0 Å². The molecule has 2 heterocycles. The lowest BCUT2D eigenvalue weighted by Gasteiger charge is -2.43. The number of benzene rings is 3. The highest BCUT2D eigenvalue weighted by atomic mass is 16.1. The second-order valence-electron chi connectivity index (χ2n) is 9.73. The van der Waals surface area contributed by atoms with Gasteiger partial charge < -0.3 is 15.1 Å². The van der Waals surface area contributed by atoms with E-state index in [2.05, 4.69) is 62.5 Å². The zero-order chi connectivity index (χ0) is 24.0. The Morgan fingerprint density at radius 3 is 1.89 bits per heavy atom. The van der Waals surface area contributed by atoms with Gasteiger partial charge in [0, 0.05) is 62.2 Å². The molecule has 2 aliphatic heterocycles. The summed E-state index contributed by atoms with van der Waals surface area (Å²) in [5.74, 6) is -0.0266. The first kappa shape index (κ1) is 23.4. The van der Waals surface area contributed by atoms with Crippen molar-refractivity contribution in [3.05, 3.63) is 96.1 Å². The normalized spacial score (nSPS) is 18.3. The fourth-order valence-electron chi connectivity index (χ4n) is 5.40. The van der Waals surface area contributed by atoms with Crippen molar-refractivity contribution >= 4 is 17.3 Å². The van der Waals surface area contributed by atoms with Gasteiger partial charge in [-0.2, -0.15) is 0 Å². The minimum atomic E-state index is -0.0266. The Balaban J connectivity index is 1.09. The second-order valence-corrected chi connectivity index (χ2v) is 9.73. The minimum absolute atomic E-state index is 0.0167. The number of hydrogen-bond donors (Lipinski definition) is 1. The van der Waals surface area contributed by atoms with E-state index in [0.717, 1.165) is 44.8 Å². The summed E-state index contributed by atoms with van der Waals surface area (Å²) in [5, 5.41) is 3.11. The lowest BCUT2D eigenvalue weighted by Crippen LogP contribution is -2.53. The number of para-hydroxylation sites is 1. The Labute approximate surface area is 209 Å². The van der Waals surface area contributed by atoms with Crippen LogP contribution in [0.5, 0.6) is 0 Å². The van der Waals surface area contributed by atoms with Crippen molar-refractivity contribution in [2.45, 2.75) is 31.8 Å². The Hall–Kier alpha value is -3.31. The minimum Gasteiger partial charge on any atom is -0.371 e. The van der Waals surface area contributed by atoms with Crippen molar-refractivity contribution in [2.75, 3.05) is 49.1 Å². The van der Waals surface area contributed by atoms with Crippen LogP contribution in [0.2, 0.25) is 0 Å². The molecule has 5 rings (SSSR count). The van der Waals surface area contributed by atoms with Crippen LogP contribution in [-0.4, -0.2) is 56.1 Å². The van der Waals surface area contributed by atoms with E-state index in [0.29, 0.717) is 11.6 Å². The summed E-state index contributed by atoms with van der Waals surface area (Å²) < 4.78 is 0. The van der Waals surface area contributed by atoms with Gasteiger partial charge in [0.25, 0.3) is 5.91 Å². The van der Waals surface area contributed by atoms with Crippen LogP contribution in [0, 0.1) is 0 Å². The zero-order valence-electron chi connectivity index (χ0n) is 20.6. The lowest BCUT2D eigenvalue weighted by molar-refractivity contribution is 0.0940. The third-order valence-corrected chi connectivity index (χ3v) is 7.56. The first-order valence-electron chi connectivity index (χ1n) is 12.9. The van der Waals surface area contributed by atoms with Gasteiger partial charge >= 0.3 is 0 Å². The number of nitrogens with one attached hydrogen (secondary N) is 1. The molecule has 3 aromatic rings. The monoisotopic (exact) mass is 468 g/mol. The van der Waals surface area contributed by atoms with Crippen LogP contribution in [0.1, 0.15) is 41.7 Å². The average molecular weight is 469 g/mol. The van der Waals surface area contributed by atoms with Crippen molar-refractivity contribution < 1.29 is 4.79 Å². The van der Waals surface area contributed by atoms with Crippen molar-refractivity contribution in [2.24, 2.45) is 0 Å². The van der Waals surface area contributed by atoms with Crippen LogP contribution in [0.25, 0.3) is 0 Å². The number of piperazine rings is 1. The molecule has 0 bridgehead atoms. The Kier molecular flexibility index (Phi) is 7.34. The molecule has 0 radical (unpaired) electrons. The molecule has 182 valence electrons. The van der Waals surface area contributed by atoms with E-state index in [1.54, 1.807) is 0 Å². The first-order valence-corrected chi connectivity index (χ1v) is 12.9. The van der Waals surface area contributed by atoms with Gasteiger partial charge in [0.2, 0.25) is 0 Å². The number of nitrogens with zero attached hydrogens (tertiary/aromatic N) is 3. The fraction of sp³-hybridized carbons (Fsp3) is 0.367. The van der Waals surface area contributed by atoms with Gasteiger partial charge in [0.1, 0.15) is 0 Å². The topological polar surface area (TPSA) is 38.8 Å². The number of hydrogen-bond acceptors (Lipinski definition) is 4. The van der Waals surface area contributed by atoms with Crippen molar-refractivity contribution in [3.63, 3.8) is 0 Å². The summed E-state index contributed by atoms with van der Waals surface area (Å²) >= 11 is 0. The zero-order valence-corrected chi connectivity index (χ0v) is 20.6. The maximum Gasteiger partial charge on any atom is 0.251 e. The number of carbonyl (C=O) groups excluding carboxylic acids is 1. The Morgan fingerprint density at radius 2 is 1.26 bits per heavy atom. The van der Waals surface area contributed by atoms with E-state index in [9.17, 15) is 4.79 Å². The summed E-state index contributed by atoms with van der Waals surface area (Å²) in [7, 11) is 0. The van der Waals surface area contributed by atoms with E-state index < -0.39 is 0 Å². The fourth-order valence-corrected chi connectivity index (χ4v) is 5.40. The predicted octanol–water partition coefficient (Wildman–Crippen LogP) is 4.97. The van der Waals surface area contributed by atoms with Gasteiger partial charge in [-0.05, 0) is 61.7 Å². The number of piperidine rings is 1. The Bertz CT molecular complexity index is 1070. The van der Waals surface area contributed by atoms with Gasteiger partial charge in [-0.15, -0.1) is 0 Å². The molecule has 35 heavy (non-hydrogen) atoms. The molecule has 0 saturated carbocycles. The van der Waals surface area contributed by atoms with Crippen molar-refractivity contribution in [1.82, 2.24) is 10.2 Å².